The molecule has 2 rings (SSSR count). The topological polar surface area (TPSA) is 69.6 Å². The largest absolute Gasteiger partial charge is 0.504 e. The average Bonchev–Trinajstić information content (AvgIpc) is 2.48. The highest BCUT2D eigenvalue weighted by atomic mass is 79.9. The van der Waals surface area contributed by atoms with Crippen LogP contribution in [0.2, 0.25) is 0 Å². The fourth-order valence-electron chi connectivity index (χ4n) is 1.67. The van der Waals surface area contributed by atoms with Gasteiger partial charge in [-0.15, -0.1) is 0 Å². The maximum Gasteiger partial charge on any atom is 0.244 e. The molecule has 0 aliphatic heterocycles. The van der Waals surface area contributed by atoms with Crippen molar-refractivity contribution in [3.8, 4) is 11.5 Å². The molecule has 21 heavy (non-hydrogen) atoms. The maximum atomic E-state index is 11.7. The van der Waals surface area contributed by atoms with Crippen molar-refractivity contribution in [3.63, 3.8) is 0 Å². The number of nitrogens with one attached hydrogen (secondary N) is 1. The van der Waals surface area contributed by atoms with Crippen LogP contribution in [0, 0.1) is 0 Å². The van der Waals surface area contributed by atoms with Crippen LogP contribution >= 0.6 is 15.9 Å². The number of halogens is 1. The predicted octanol–water partition coefficient (Wildman–Crippen LogP) is 3.19. The van der Waals surface area contributed by atoms with Gasteiger partial charge < -0.3 is 15.5 Å². The second kappa shape index (κ2) is 6.95. The Morgan fingerprint density at radius 3 is 2.48 bits per heavy atom. The first kappa shape index (κ1) is 15.1. The number of amides is 1. The zero-order chi connectivity index (χ0) is 15.2. The summed E-state index contributed by atoms with van der Waals surface area (Å²) < 4.78 is 0.990. The summed E-state index contributed by atoms with van der Waals surface area (Å²) in [5.74, 6) is -0.634. The molecular formula is C16H14BrNO3. The minimum Gasteiger partial charge on any atom is -0.504 e. The van der Waals surface area contributed by atoms with Crippen molar-refractivity contribution in [1.82, 2.24) is 5.32 Å². The van der Waals surface area contributed by atoms with Crippen LogP contribution in [0.5, 0.6) is 11.5 Å². The highest BCUT2D eigenvalue weighted by molar-refractivity contribution is 9.10. The van der Waals surface area contributed by atoms with Gasteiger partial charge in [-0.2, -0.15) is 0 Å². The Bertz CT molecular complexity index is 666. The first-order chi connectivity index (χ1) is 10.0. The van der Waals surface area contributed by atoms with Gasteiger partial charge in [0.25, 0.3) is 0 Å². The Morgan fingerprint density at radius 1 is 1.10 bits per heavy atom. The number of carbonyl (C=O) groups excluding carboxylic acids is 1. The molecule has 0 spiro atoms. The van der Waals surface area contributed by atoms with Crippen molar-refractivity contribution in [3.05, 3.63) is 64.1 Å². The third kappa shape index (κ3) is 4.65. The summed E-state index contributed by atoms with van der Waals surface area (Å²) in [7, 11) is 0. The van der Waals surface area contributed by atoms with Gasteiger partial charge in [-0.3, -0.25) is 4.79 Å². The zero-order valence-corrected chi connectivity index (χ0v) is 12.7. The van der Waals surface area contributed by atoms with Gasteiger partial charge in [0.15, 0.2) is 11.5 Å². The second-order valence-corrected chi connectivity index (χ2v) is 5.34. The van der Waals surface area contributed by atoms with E-state index in [9.17, 15) is 15.0 Å². The number of carbonyl (C=O) groups is 1. The zero-order valence-electron chi connectivity index (χ0n) is 11.1. The normalized spacial score (nSPS) is 10.7. The molecule has 0 unspecified atom stereocenters. The first-order valence-electron chi connectivity index (χ1n) is 6.27. The van der Waals surface area contributed by atoms with E-state index in [2.05, 4.69) is 21.2 Å². The lowest BCUT2D eigenvalue weighted by Gasteiger charge is -2.03. The molecular weight excluding hydrogens is 334 g/mol. The standard InChI is InChI=1S/C16H14BrNO3/c17-13-5-1-12(2-6-13)10-18-16(21)8-4-11-3-7-14(19)15(20)9-11/h1-9,19-20H,10H2,(H,18,21)/b8-4+. The number of hydrogen-bond acceptors (Lipinski definition) is 3. The summed E-state index contributed by atoms with van der Waals surface area (Å²) in [6.45, 7) is 0.442. The van der Waals surface area contributed by atoms with Crippen LogP contribution in [-0.4, -0.2) is 16.1 Å². The molecule has 3 N–H and O–H groups in total. The molecule has 0 radical (unpaired) electrons. The van der Waals surface area contributed by atoms with E-state index in [-0.39, 0.29) is 17.4 Å². The molecule has 0 aliphatic rings. The van der Waals surface area contributed by atoms with E-state index in [1.165, 1.54) is 18.2 Å². The predicted molar refractivity (Wildman–Crippen MR) is 84.8 cm³/mol. The van der Waals surface area contributed by atoms with Crippen LogP contribution in [0.15, 0.2) is 53.0 Å². The third-order valence-electron chi connectivity index (χ3n) is 2.81. The molecule has 0 aromatic heterocycles. The summed E-state index contributed by atoms with van der Waals surface area (Å²) in [5, 5.41) is 21.3. The lowest BCUT2D eigenvalue weighted by molar-refractivity contribution is -0.116. The molecule has 5 heteroatoms. The summed E-state index contributed by atoms with van der Waals surface area (Å²) in [6.07, 6.45) is 2.95. The number of phenols is 2. The third-order valence-corrected chi connectivity index (χ3v) is 3.34. The van der Waals surface area contributed by atoms with Crippen molar-refractivity contribution in [2.24, 2.45) is 0 Å². The second-order valence-electron chi connectivity index (χ2n) is 4.43. The van der Waals surface area contributed by atoms with Crippen molar-refractivity contribution < 1.29 is 15.0 Å². The first-order valence-corrected chi connectivity index (χ1v) is 7.06. The van der Waals surface area contributed by atoms with Crippen molar-refractivity contribution in [2.75, 3.05) is 0 Å². The molecule has 0 atom stereocenters. The summed E-state index contributed by atoms with van der Waals surface area (Å²) in [4.78, 5) is 11.7. The van der Waals surface area contributed by atoms with Crippen LogP contribution in [0.3, 0.4) is 0 Å². The molecule has 0 fully saturated rings. The number of hydrogen-bond donors (Lipinski definition) is 3. The molecule has 0 saturated heterocycles. The van der Waals surface area contributed by atoms with Gasteiger partial charge in [0, 0.05) is 17.1 Å². The fourth-order valence-corrected chi connectivity index (χ4v) is 1.93. The van der Waals surface area contributed by atoms with E-state index in [4.69, 9.17) is 0 Å². The molecule has 0 heterocycles. The van der Waals surface area contributed by atoms with Gasteiger partial charge in [-0.25, -0.2) is 0 Å². The molecule has 2 aromatic rings. The van der Waals surface area contributed by atoms with E-state index in [1.807, 2.05) is 24.3 Å². The summed E-state index contributed by atoms with van der Waals surface area (Å²) in [5.41, 5.74) is 1.63. The summed E-state index contributed by atoms with van der Waals surface area (Å²) in [6, 6.07) is 12.0. The maximum absolute atomic E-state index is 11.7. The Balaban J connectivity index is 1.90. The molecule has 108 valence electrons. The van der Waals surface area contributed by atoms with Crippen LogP contribution in [0.4, 0.5) is 0 Å². The van der Waals surface area contributed by atoms with Gasteiger partial charge >= 0.3 is 0 Å². The van der Waals surface area contributed by atoms with Gasteiger partial charge in [-0.1, -0.05) is 34.1 Å². The molecule has 0 saturated carbocycles. The molecule has 2 aromatic carbocycles. The van der Waals surface area contributed by atoms with E-state index in [0.717, 1.165) is 10.0 Å². The molecule has 0 aliphatic carbocycles. The van der Waals surface area contributed by atoms with Crippen molar-refractivity contribution in [2.45, 2.75) is 6.54 Å². The number of rotatable bonds is 4. The van der Waals surface area contributed by atoms with Crippen LogP contribution in [0.1, 0.15) is 11.1 Å². The van der Waals surface area contributed by atoms with E-state index in [0.29, 0.717) is 12.1 Å². The Kier molecular flexibility index (Phi) is 5.00. The van der Waals surface area contributed by atoms with Gasteiger partial charge in [-0.05, 0) is 41.5 Å². The smallest absolute Gasteiger partial charge is 0.244 e. The minimum atomic E-state index is -0.231. The number of aromatic hydroxyl groups is 2. The Hall–Kier alpha value is -2.27. The average molecular weight is 348 g/mol. The summed E-state index contributed by atoms with van der Waals surface area (Å²) >= 11 is 3.35. The SMILES string of the molecule is O=C(/C=C/c1ccc(O)c(O)c1)NCc1ccc(Br)cc1. The van der Waals surface area contributed by atoms with Crippen LogP contribution in [-0.2, 0) is 11.3 Å². The highest BCUT2D eigenvalue weighted by Gasteiger charge is 2.00. The van der Waals surface area contributed by atoms with E-state index < -0.39 is 0 Å². The van der Waals surface area contributed by atoms with Crippen molar-refractivity contribution >= 4 is 27.9 Å². The van der Waals surface area contributed by atoms with Crippen LogP contribution < -0.4 is 5.32 Å². The minimum absolute atomic E-state index is 0.188. The van der Waals surface area contributed by atoms with E-state index >= 15 is 0 Å². The quantitative estimate of drug-likeness (QED) is 0.587. The van der Waals surface area contributed by atoms with Gasteiger partial charge in [0.05, 0.1) is 0 Å². The lowest BCUT2D eigenvalue weighted by Crippen LogP contribution is -2.20. The van der Waals surface area contributed by atoms with E-state index in [1.54, 1.807) is 12.1 Å². The number of phenolic OH excluding ortho intramolecular Hbond substituents is 2. The molecule has 0 bridgehead atoms. The molecule has 4 nitrogen and oxygen atoms in total. The fraction of sp³-hybridized carbons (Fsp3) is 0.0625. The van der Waals surface area contributed by atoms with Gasteiger partial charge in [0.1, 0.15) is 0 Å². The Labute approximate surface area is 130 Å². The van der Waals surface area contributed by atoms with Gasteiger partial charge in [0.2, 0.25) is 5.91 Å². The molecule has 1 amide bonds. The number of benzene rings is 2. The van der Waals surface area contributed by atoms with Crippen molar-refractivity contribution in [1.29, 1.82) is 0 Å². The Morgan fingerprint density at radius 2 is 1.81 bits per heavy atom. The lowest BCUT2D eigenvalue weighted by atomic mass is 10.2. The van der Waals surface area contributed by atoms with Crippen LogP contribution in [0.25, 0.3) is 6.08 Å². The highest BCUT2D eigenvalue weighted by Crippen LogP contribution is 2.25. The monoisotopic (exact) mass is 347 g/mol.